The number of hydrogen-bond acceptors (Lipinski definition) is 1. The highest BCUT2D eigenvalue weighted by molar-refractivity contribution is 7.25. The summed E-state index contributed by atoms with van der Waals surface area (Å²) in [7, 11) is 0. The molecule has 0 bridgehead atoms. The lowest BCUT2D eigenvalue weighted by Crippen LogP contribution is -1.93. The van der Waals surface area contributed by atoms with Gasteiger partial charge in [-0.05, 0) is 95.1 Å². The molecule has 3 heterocycles. The maximum Gasteiger partial charge on any atom is 0.0547 e. The predicted octanol–water partition coefficient (Wildman–Crippen LogP) is 13.6. The van der Waals surface area contributed by atoms with Crippen LogP contribution in [0.25, 0.3) is 97.4 Å². The van der Waals surface area contributed by atoms with E-state index in [1.807, 2.05) is 11.3 Å². The quantitative estimate of drug-likeness (QED) is 0.177. The fourth-order valence-corrected chi connectivity index (χ4v) is 9.38. The van der Waals surface area contributed by atoms with Gasteiger partial charge in [-0.25, -0.2) is 0 Å². The van der Waals surface area contributed by atoms with Crippen LogP contribution in [0.4, 0.5) is 0 Å². The smallest absolute Gasteiger partial charge is 0.0547 e. The van der Waals surface area contributed by atoms with Crippen molar-refractivity contribution in [3.63, 3.8) is 0 Å². The first-order valence-corrected chi connectivity index (χ1v) is 18.3. The van der Waals surface area contributed by atoms with Gasteiger partial charge in [0.25, 0.3) is 0 Å². The molecule has 0 saturated heterocycles. The minimum absolute atomic E-state index is 1.16. The number of rotatable bonds is 4. The van der Waals surface area contributed by atoms with Crippen molar-refractivity contribution < 1.29 is 0 Å². The Morgan fingerprint density at radius 3 is 1.55 bits per heavy atom. The first-order valence-electron chi connectivity index (χ1n) is 17.4. The number of hydrogen-bond donors (Lipinski definition) is 0. The SMILES string of the molecule is c1ccc(-n2c3ccccc3c3cc(-c4ccc5c(c4)c4ccc(-c6cccc7sc8ccccc8c67)cc4n5-c4ccccc4)ccc32)cc1. The molecule has 0 spiro atoms. The van der Waals surface area contributed by atoms with E-state index in [0.717, 1.165) is 5.69 Å². The molecule has 3 aromatic heterocycles. The van der Waals surface area contributed by atoms with Crippen molar-refractivity contribution in [2.45, 2.75) is 0 Å². The summed E-state index contributed by atoms with van der Waals surface area (Å²) < 4.78 is 7.46. The zero-order valence-electron chi connectivity index (χ0n) is 27.6. The molecular formula is C48H30N2S. The molecule has 0 unspecified atom stereocenters. The molecule has 0 amide bonds. The van der Waals surface area contributed by atoms with Gasteiger partial charge in [-0.15, -0.1) is 11.3 Å². The molecule has 51 heavy (non-hydrogen) atoms. The lowest BCUT2D eigenvalue weighted by molar-refractivity contribution is 1.18. The number of benzene rings is 8. The molecule has 0 radical (unpaired) electrons. The topological polar surface area (TPSA) is 9.86 Å². The van der Waals surface area contributed by atoms with Gasteiger partial charge in [-0.3, -0.25) is 0 Å². The van der Waals surface area contributed by atoms with Gasteiger partial charge in [0.2, 0.25) is 0 Å². The number of thiophene rings is 1. The summed E-state index contributed by atoms with van der Waals surface area (Å²) in [6.07, 6.45) is 0. The van der Waals surface area contributed by atoms with Crippen molar-refractivity contribution in [2.24, 2.45) is 0 Å². The molecule has 0 fully saturated rings. The lowest BCUT2D eigenvalue weighted by Gasteiger charge is -2.10. The average Bonchev–Trinajstić information content (AvgIpc) is 3.85. The molecule has 3 heteroatoms. The molecule has 0 aliphatic heterocycles. The summed E-state index contributed by atoms with van der Waals surface area (Å²) in [6, 6.07) is 66.7. The number of aromatic nitrogens is 2. The summed E-state index contributed by atoms with van der Waals surface area (Å²) in [5.41, 5.74) is 12.1. The third kappa shape index (κ3) is 4.29. The van der Waals surface area contributed by atoms with E-state index in [4.69, 9.17) is 0 Å². The van der Waals surface area contributed by atoms with E-state index in [2.05, 4.69) is 191 Å². The first kappa shape index (κ1) is 28.4. The number of nitrogens with zero attached hydrogens (tertiary/aromatic N) is 2. The van der Waals surface area contributed by atoms with Crippen LogP contribution < -0.4 is 0 Å². The van der Waals surface area contributed by atoms with Crippen LogP contribution in [0.5, 0.6) is 0 Å². The van der Waals surface area contributed by atoms with Crippen LogP contribution in [0, 0.1) is 0 Å². The zero-order valence-corrected chi connectivity index (χ0v) is 28.4. The van der Waals surface area contributed by atoms with Gasteiger partial charge in [-0.2, -0.15) is 0 Å². The highest BCUT2D eigenvalue weighted by atomic mass is 32.1. The van der Waals surface area contributed by atoms with Crippen molar-refractivity contribution in [2.75, 3.05) is 0 Å². The van der Waals surface area contributed by atoms with Crippen molar-refractivity contribution >= 4 is 75.1 Å². The third-order valence-electron chi connectivity index (χ3n) is 10.5. The van der Waals surface area contributed by atoms with Crippen LogP contribution >= 0.6 is 11.3 Å². The van der Waals surface area contributed by atoms with Crippen molar-refractivity contribution in [1.29, 1.82) is 0 Å². The standard InChI is InChI=1S/C48H30N2S/c1-3-12-34(13-4-1)49-42-19-9-7-16-37(42)40-28-31(23-26-43(40)49)32-24-27-44-41(29-32)38-25-22-33(30-45(38)50(44)35-14-5-2-6-15-35)36-18-11-21-47-48(36)39-17-8-10-20-46(39)51-47/h1-30H. The molecule has 11 aromatic rings. The van der Waals surface area contributed by atoms with Crippen LogP contribution in [0.1, 0.15) is 0 Å². The van der Waals surface area contributed by atoms with Crippen LogP contribution in [0.3, 0.4) is 0 Å². The maximum atomic E-state index is 2.43. The fourth-order valence-electron chi connectivity index (χ4n) is 8.25. The molecule has 0 saturated carbocycles. The highest BCUT2D eigenvalue weighted by Gasteiger charge is 2.18. The van der Waals surface area contributed by atoms with Crippen molar-refractivity contribution in [1.82, 2.24) is 9.13 Å². The van der Waals surface area contributed by atoms with Crippen molar-refractivity contribution in [3.05, 3.63) is 182 Å². The monoisotopic (exact) mass is 666 g/mol. The second-order valence-corrected chi connectivity index (χ2v) is 14.4. The Kier molecular flexibility index (Phi) is 6.16. The number of para-hydroxylation sites is 3. The average molecular weight is 667 g/mol. The van der Waals surface area contributed by atoms with Crippen LogP contribution in [0.2, 0.25) is 0 Å². The first-order chi connectivity index (χ1) is 25.3. The Hall–Kier alpha value is -6.42. The molecule has 2 nitrogen and oxygen atoms in total. The summed E-state index contributed by atoms with van der Waals surface area (Å²) in [4.78, 5) is 0. The van der Waals surface area contributed by atoms with Crippen LogP contribution in [-0.4, -0.2) is 9.13 Å². The summed E-state index contributed by atoms with van der Waals surface area (Å²) in [6.45, 7) is 0. The molecule has 0 atom stereocenters. The van der Waals surface area contributed by atoms with Gasteiger partial charge < -0.3 is 9.13 Å². The normalized spacial score (nSPS) is 11.9. The second-order valence-electron chi connectivity index (χ2n) is 13.3. The van der Waals surface area contributed by atoms with E-state index < -0.39 is 0 Å². The Balaban J connectivity index is 1.13. The van der Waals surface area contributed by atoms with Gasteiger partial charge >= 0.3 is 0 Å². The molecular weight excluding hydrogens is 637 g/mol. The van der Waals surface area contributed by atoms with Crippen LogP contribution in [0.15, 0.2) is 182 Å². The van der Waals surface area contributed by atoms with E-state index in [1.165, 1.54) is 91.7 Å². The predicted molar refractivity (Wildman–Crippen MR) is 219 cm³/mol. The molecule has 11 rings (SSSR count). The van der Waals surface area contributed by atoms with E-state index in [0.29, 0.717) is 0 Å². The van der Waals surface area contributed by atoms with Gasteiger partial charge in [0.15, 0.2) is 0 Å². The summed E-state index contributed by atoms with van der Waals surface area (Å²) in [5, 5.41) is 7.70. The highest BCUT2D eigenvalue weighted by Crippen LogP contribution is 2.43. The third-order valence-corrected chi connectivity index (χ3v) is 11.7. The molecule has 238 valence electrons. The van der Waals surface area contributed by atoms with Crippen LogP contribution in [-0.2, 0) is 0 Å². The van der Waals surface area contributed by atoms with Gasteiger partial charge in [0.1, 0.15) is 0 Å². The minimum atomic E-state index is 1.16. The maximum absolute atomic E-state index is 2.43. The van der Waals surface area contributed by atoms with Crippen molar-refractivity contribution in [3.8, 4) is 33.6 Å². The minimum Gasteiger partial charge on any atom is -0.309 e. The summed E-state index contributed by atoms with van der Waals surface area (Å²) in [5.74, 6) is 0. The fraction of sp³-hybridized carbons (Fsp3) is 0. The number of fused-ring (bicyclic) bond motifs is 9. The van der Waals surface area contributed by atoms with E-state index in [-0.39, 0.29) is 0 Å². The van der Waals surface area contributed by atoms with E-state index >= 15 is 0 Å². The zero-order chi connectivity index (χ0) is 33.5. The van der Waals surface area contributed by atoms with Gasteiger partial charge in [-0.1, -0.05) is 109 Å². The molecule has 8 aromatic carbocycles. The Labute approximate surface area is 298 Å². The van der Waals surface area contributed by atoms with Gasteiger partial charge in [0.05, 0.1) is 22.1 Å². The Bertz CT molecular complexity index is 3130. The molecule has 0 aliphatic carbocycles. The largest absolute Gasteiger partial charge is 0.309 e. The second kappa shape index (κ2) is 11.0. The molecule has 0 N–H and O–H groups in total. The van der Waals surface area contributed by atoms with E-state index in [9.17, 15) is 0 Å². The Morgan fingerprint density at radius 2 is 0.843 bits per heavy atom. The van der Waals surface area contributed by atoms with E-state index in [1.54, 1.807) is 0 Å². The Morgan fingerprint density at radius 1 is 0.314 bits per heavy atom. The summed E-state index contributed by atoms with van der Waals surface area (Å²) >= 11 is 1.87. The molecule has 0 aliphatic rings. The lowest BCUT2D eigenvalue weighted by atomic mass is 9.97. The van der Waals surface area contributed by atoms with Gasteiger partial charge in [0, 0.05) is 53.1 Å².